The second kappa shape index (κ2) is 8.75. The highest BCUT2D eigenvalue weighted by Gasteiger charge is 2.56. The number of thiophene rings is 1. The SMILES string of the molecule is CC(=O)NC[C@H]1CN(c2ccc(OCC3[C@H]4CN(c5ccc([N+](=O)[O-])s5)C[C@@H]34)c(F)c2)C(=O)O1. The fraction of sp³-hybridized carbons (Fsp3) is 0.455. The minimum absolute atomic E-state index is 0.127. The number of benzene rings is 1. The molecule has 4 atom stereocenters. The Kier molecular flexibility index (Phi) is 5.76. The van der Waals surface area contributed by atoms with E-state index < -0.39 is 18.0 Å². The monoisotopic (exact) mass is 490 g/mol. The molecule has 3 fully saturated rings. The van der Waals surface area contributed by atoms with Gasteiger partial charge >= 0.3 is 11.1 Å². The molecule has 1 N–H and O–H groups in total. The van der Waals surface area contributed by atoms with Gasteiger partial charge in [0.1, 0.15) is 6.10 Å². The van der Waals surface area contributed by atoms with Crippen LogP contribution in [0.3, 0.4) is 0 Å². The number of anilines is 2. The fourth-order valence-corrected chi connectivity index (χ4v) is 5.56. The first kappa shape index (κ1) is 22.4. The van der Waals surface area contributed by atoms with Crippen molar-refractivity contribution in [2.45, 2.75) is 13.0 Å². The molecule has 5 rings (SSSR count). The van der Waals surface area contributed by atoms with E-state index in [4.69, 9.17) is 9.47 Å². The Balaban J connectivity index is 1.12. The zero-order valence-corrected chi connectivity index (χ0v) is 19.1. The number of hydrogen-bond acceptors (Lipinski definition) is 8. The summed E-state index contributed by atoms with van der Waals surface area (Å²) in [5.74, 6) is 0.543. The maximum Gasteiger partial charge on any atom is 0.414 e. The van der Waals surface area contributed by atoms with Crippen molar-refractivity contribution in [3.05, 3.63) is 46.3 Å². The topological polar surface area (TPSA) is 114 Å². The molecule has 0 bridgehead atoms. The van der Waals surface area contributed by atoms with E-state index in [-0.39, 0.29) is 34.7 Å². The lowest BCUT2D eigenvalue weighted by molar-refractivity contribution is -0.380. The second-order valence-corrected chi connectivity index (χ2v) is 9.79. The van der Waals surface area contributed by atoms with Gasteiger partial charge in [-0.05, 0) is 41.4 Å². The van der Waals surface area contributed by atoms with Crippen LogP contribution in [-0.4, -0.2) is 55.8 Å². The van der Waals surface area contributed by atoms with Crippen LogP contribution in [0.5, 0.6) is 5.75 Å². The molecule has 1 aliphatic carbocycles. The number of carbonyl (C=O) groups is 2. The maximum atomic E-state index is 14.7. The van der Waals surface area contributed by atoms with Crippen molar-refractivity contribution >= 4 is 39.0 Å². The van der Waals surface area contributed by atoms with Gasteiger partial charge in [0.25, 0.3) is 0 Å². The summed E-state index contributed by atoms with van der Waals surface area (Å²) in [6, 6.07) is 7.68. The van der Waals surface area contributed by atoms with Crippen LogP contribution < -0.4 is 19.9 Å². The molecule has 12 heteroatoms. The first-order valence-electron chi connectivity index (χ1n) is 10.9. The predicted molar refractivity (Wildman–Crippen MR) is 122 cm³/mol. The Morgan fingerprint density at radius 2 is 2.06 bits per heavy atom. The molecular weight excluding hydrogens is 467 g/mol. The highest BCUT2D eigenvalue weighted by molar-refractivity contribution is 7.19. The Labute approximate surface area is 198 Å². The largest absolute Gasteiger partial charge is 0.490 e. The number of rotatable bonds is 8. The van der Waals surface area contributed by atoms with E-state index >= 15 is 0 Å². The van der Waals surface area contributed by atoms with Gasteiger partial charge in [-0.25, -0.2) is 9.18 Å². The number of fused-ring (bicyclic) bond motifs is 1. The van der Waals surface area contributed by atoms with Gasteiger partial charge in [0.05, 0.1) is 35.3 Å². The Morgan fingerprint density at radius 1 is 1.29 bits per heavy atom. The first-order valence-corrected chi connectivity index (χ1v) is 11.8. The average molecular weight is 491 g/mol. The smallest absolute Gasteiger partial charge is 0.414 e. The molecule has 1 aromatic carbocycles. The quantitative estimate of drug-likeness (QED) is 0.447. The van der Waals surface area contributed by atoms with E-state index in [0.29, 0.717) is 30.0 Å². The highest BCUT2D eigenvalue weighted by atomic mass is 32.1. The third-order valence-corrected chi connectivity index (χ3v) is 7.65. The fourth-order valence-electron chi connectivity index (χ4n) is 4.72. The van der Waals surface area contributed by atoms with Crippen LogP contribution in [0.15, 0.2) is 30.3 Å². The van der Waals surface area contributed by atoms with E-state index in [2.05, 4.69) is 10.2 Å². The number of halogens is 1. The van der Waals surface area contributed by atoms with Gasteiger partial charge in [0.15, 0.2) is 11.6 Å². The van der Waals surface area contributed by atoms with Crippen molar-refractivity contribution in [1.29, 1.82) is 0 Å². The standard InChI is InChI=1S/C22H23FN4O6S/c1-12(28)24-7-14-8-26(22(29)33-14)13-2-3-19(18(23)6-13)32-11-17-15-9-25(10-16(15)17)20-4-5-21(34-20)27(30)31/h2-6,14-17H,7-11H2,1H3,(H,24,28)/t14-,15-,16+,17?/m0/s1. The number of cyclic esters (lactones) is 1. The maximum absolute atomic E-state index is 14.7. The van der Waals surface area contributed by atoms with Gasteiger partial charge in [-0.1, -0.05) is 0 Å². The molecule has 0 spiro atoms. The molecule has 10 nitrogen and oxygen atoms in total. The van der Waals surface area contributed by atoms with Crippen molar-refractivity contribution in [2.75, 3.05) is 42.6 Å². The minimum atomic E-state index is -0.588. The van der Waals surface area contributed by atoms with Gasteiger partial charge in [0, 0.05) is 38.1 Å². The number of carbonyl (C=O) groups excluding carboxylic acids is 2. The zero-order valence-electron chi connectivity index (χ0n) is 18.3. The number of ether oxygens (including phenoxy) is 2. The molecule has 0 radical (unpaired) electrons. The van der Waals surface area contributed by atoms with Crippen LogP contribution in [-0.2, 0) is 9.53 Å². The summed E-state index contributed by atoms with van der Waals surface area (Å²) in [4.78, 5) is 37.2. The molecule has 3 aliphatic rings. The van der Waals surface area contributed by atoms with E-state index in [1.807, 2.05) is 0 Å². The van der Waals surface area contributed by atoms with Gasteiger partial charge in [-0.15, -0.1) is 0 Å². The lowest BCUT2D eigenvalue weighted by Crippen LogP contribution is -2.33. The van der Waals surface area contributed by atoms with E-state index in [1.54, 1.807) is 12.1 Å². The Hall–Kier alpha value is -3.41. The number of nitrogens with one attached hydrogen (secondary N) is 1. The summed E-state index contributed by atoms with van der Waals surface area (Å²) >= 11 is 1.18. The molecular formula is C22H23FN4O6S. The highest BCUT2D eigenvalue weighted by Crippen LogP contribution is 2.53. The third kappa shape index (κ3) is 4.37. The van der Waals surface area contributed by atoms with Crippen LogP contribution in [0.1, 0.15) is 6.92 Å². The van der Waals surface area contributed by atoms with Gasteiger partial charge < -0.3 is 19.7 Å². The number of nitro groups is 1. The normalized spacial score (nSPS) is 25.2. The van der Waals surface area contributed by atoms with Crippen molar-refractivity contribution in [2.24, 2.45) is 17.8 Å². The molecule has 1 unspecified atom stereocenters. The van der Waals surface area contributed by atoms with Crippen molar-refractivity contribution in [3.63, 3.8) is 0 Å². The summed E-state index contributed by atoms with van der Waals surface area (Å²) in [6.45, 7) is 3.82. The molecule has 2 amide bonds. The lowest BCUT2D eigenvalue weighted by atomic mass is 10.2. The van der Waals surface area contributed by atoms with Crippen LogP contribution in [0.2, 0.25) is 0 Å². The predicted octanol–water partition coefficient (Wildman–Crippen LogP) is 3.02. The number of piperidine rings is 1. The van der Waals surface area contributed by atoms with Gasteiger partial charge in [-0.3, -0.25) is 19.8 Å². The summed E-state index contributed by atoms with van der Waals surface area (Å²) < 4.78 is 25.6. The van der Waals surface area contributed by atoms with Gasteiger partial charge in [0.2, 0.25) is 5.91 Å². The molecule has 3 heterocycles. The Bertz CT molecular complexity index is 1130. The lowest BCUT2D eigenvalue weighted by Gasteiger charge is -2.20. The van der Waals surface area contributed by atoms with Crippen LogP contribution in [0, 0.1) is 33.7 Å². The molecule has 1 saturated carbocycles. The molecule has 2 aromatic rings. The second-order valence-electron chi connectivity index (χ2n) is 8.74. The minimum Gasteiger partial charge on any atom is -0.490 e. The summed E-state index contributed by atoms with van der Waals surface area (Å²) in [5, 5.41) is 14.5. The summed E-state index contributed by atoms with van der Waals surface area (Å²) in [7, 11) is 0. The van der Waals surface area contributed by atoms with Crippen LogP contribution in [0.4, 0.5) is 24.9 Å². The van der Waals surface area contributed by atoms with Crippen LogP contribution in [0.25, 0.3) is 0 Å². The molecule has 2 saturated heterocycles. The Morgan fingerprint density at radius 3 is 2.71 bits per heavy atom. The number of hydrogen-bond donors (Lipinski definition) is 1. The van der Waals surface area contributed by atoms with E-state index in [1.165, 1.54) is 41.4 Å². The third-order valence-electron chi connectivity index (χ3n) is 6.55. The van der Waals surface area contributed by atoms with Crippen molar-refractivity contribution in [3.8, 4) is 5.75 Å². The number of nitrogens with zero attached hydrogens (tertiary/aromatic N) is 3. The summed E-state index contributed by atoms with van der Waals surface area (Å²) in [6.07, 6.45) is -1.08. The molecule has 34 heavy (non-hydrogen) atoms. The van der Waals surface area contributed by atoms with Crippen LogP contribution >= 0.6 is 11.3 Å². The molecule has 1 aromatic heterocycles. The van der Waals surface area contributed by atoms with Crippen molar-refractivity contribution < 1.29 is 28.4 Å². The summed E-state index contributed by atoms with van der Waals surface area (Å²) in [5.41, 5.74) is 0.365. The first-order chi connectivity index (χ1) is 16.3. The molecule has 2 aliphatic heterocycles. The zero-order chi connectivity index (χ0) is 24.0. The van der Waals surface area contributed by atoms with E-state index in [0.717, 1.165) is 18.1 Å². The van der Waals surface area contributed by atoms with Gasteiger partial charge in [-0.2, -0.15) is 0 Å². The van der Waals surface area contributed by atoms with Crippen molar-refractivity contribution in [1.82, 2.24) is 5.32 Å². The van der Waals surface area contributed by atoms with E-state index in [9.17, 15) is 24.1 Å². The number of amides is 2. The average Bonchev–Trinajstić information content (AvgIpc) is 3.26. The molecule has 180 valence electrons.